The minimum atomic E-state index is -0.282. The number of methoxy groups -OCH3 is 1. The van der Waals surface area contributed by atoms with Crippen LogP contribution in [0.25, 0.3) is 0 Å². The van der Waals surface area contributed by atoms with E-state index in [1.807, 2.05) is 45.9 Å². The smallest absolute Gasteiger partial charge is 0.258 e. The first-order valence-corrected chi connectivity index (χ1v) is 7.08. The van der Waals surface area contributed by atoms with Gasteiger partial charge in [0.25, 0.3) is 5.91 Å². The van der Waals surface area contributed by atoms with E-state index in [0.717, 1.165) is 5.56 Å². The van der Waals surface area contributed by atoms with Gasteiger partial charge in [-0.3, -0.25) is 4.79 Å². The molecule has 0 aliphatic heterocycles. The molecule has 3 N–H and O–H groups in total. The molecule has 118 valence electrons. The van der Waals surface area contributed by atoms with Crippen LogP contribution in [0.15, 0.2) is 18.2 Å². The summed E-state index contributed by atoms with van der Waals surface area (Å²) in [5.41, 5.74) is 6.50. The van der Waals surface area contributed by atoms with Gasteiger partial charge in [0, 0.05) is 11.6 Å². The molecule has 1 aromatic rings. The number of carbonyl (C=O) groups is 1. The largest absolute Gasteiger partial charge is 0.493 e. The van der Waals surface area contributed by atoms with E-state index in [1.165, 1.54) is 0 Å². The Labute approximate surface area is 126 Å². The monoisotopic (exact) mass is 294 g/mol. The van der Waals surface area contributed by atoms with Crippen LogP contribution >= 0.6 is 0 Å². The lowest BCUT2D eigenvalue weighted by Crippen LogP contribution is -2.43. The van der Waals surface area contributed by atoms with E-state index >= 15 is 0 Å². The van der Waals surface area contributed by atoms with E-state index in [0.29, 0.717) is 17.9 Å². The van der Waals surface area contributed by atoms with Gasteiger partial charge in [-0.25, -0.2) is 0 Å². The molecule has 1 aromatic carbocycles. The molecule has 1 amide bonds. The highest BCUT2D eigenvalue weighted by Gasteiger charge is 2.17. The second kappa shape index (κ2) is 7.31. The van der Waals surface area contributed by atoms with Crippen molar-refractivity contribution in [3.63, 3.8) is 0 Å². The quantitative estimate of drug-likeness (QED) is 0.840. The van der Waals surface area contributed by atoms with Crippen LogP contribution in [0.2, 0.25) is 0 Å². The van der Waals surface area contributed by atoms with E-state index in [9.17, 15) is 4.79 Å². The molecular formula is C16H26N2O3. The molecular weight excluding hydrogens is 268 g/mol. The Morgan fingerprint density at radius 1 is 1.38 bits per heavy atom. The Kier molecular flexibility index (Phi) is 6.03. The molecule has 0 heterocycles. The second-order valence-corrected chi connectivity index (χ2v) is 6.22. The van der Waals surface area contributed by atoms with Gasteiger partial charge in [-0.05, 0) is 45.7 Å². The lowest BCUT2D eigenvalue weighted by molar-refractivity contribution is -0.124. The predicted molar refractivity (Wildman–Crippen MR) is 83.7 cm³/mol. The molecule has 0 bridgehead atoms. The maximum atomic E-state index is 11.9. The van der Waals surface area contributed by atoms with E-state index in [4.69, 9.17) is 15.2 Å². The van der Waals surface area contributed by atoms with E-state index in [-0.39, 0.29) is 24.1 Å². The summed E-state index contributed by atoms with van der Waals surface area (Å²) in [5, 5.41) is 2.86. The van der Waals surface area contributed by atoms with Crippen molar-refractivity contribution in [3.05, 3.63) is 23.8 Å². The molecule has 21 heavy (non-hydrogen) atoms. The van der Waals surface area contributed by atoms with Gasteiger partial charge < -0.3 is 20.5 Å². The molecule has 5 heteroatoms. The van der Waals surface area contributed by atoms with Gasteiger partial charge in [0.1, 0.15) is 0 Å². The maximum Gasteiger partial charge on any atom is 0.258 e. The number of para-hydroxylation sites is 1. The molecule has 0 aliphatic carbocycles. The van der Waals surface area contributed by atoms with Gasteiger partial charge in [0.05, 0.1) is 7.11 Å². The topological polar surface area (TPSA) is 73.6 Å². The standard InChI is InChI=1S/C16H26N2O3/c1-11(17)9-12-7-6-8-13(20-5)15(12)21-10-14(19)18-16(2,3)4/h6-8,11H,9-10,17H2,1-5H3,(H,18,19). The van der Waals surface area contributed by atoms with Crippen molar-refractivity contribution in [3.8, 4) is 11.5 Å². The average molecular weight is 294 g/mol. The second-order valence-electron chi connectivity index (χ2n) is 6.22. The van der Waals surface area contributed by atoms with Gasteiger partial charge in [-0.15, -0.1) is 0 Å². The van der Waals surface area contributed by atoms with Gasteiger partial charge in [0.15, 0.2) is 18.1 Å². The van der Waals surface area contributed by atoms with E-state index in [1.54, 1.807) is 7.11 Å². The predicted octanol–water partition coefficient (Wildman–Crippen LogP) is 1.88. The lowest BCUT2D eigenvalue weighted by atomic mass is 10.1. The molecule has 1 unspecified atom stereocenters. The fourth-order valence-electron chi connectivity index (χ4n) is 1.99. The summed E-state index contributed by atoms with van der Waals surface area (Å²) in [7, 11) is 1.58. The molecule has 0 saturated heterocycles. The molecule has 1 rings (SSSR count). The Morgan fingerprint density at radius 3 is 2.57 bits per heavy atom. The van der Waals surface area contributed by atoms with Crippen LogP contribution in [-0.2, 0) is 11.2 Å². The van der Waals surface area contributed by atoms with Crippen molar-refractivity contribution in [2.24, 2.45) is 5.73 Å². The number of hydrogen-bond donors (Lipinski definition) is 2. The Bertz CT molecular complexity index is 479. The van der Waals surface area contributed by atoms with Gasteiger partial charge in [0.2, 0.25) is 0 Å². The molecule has 0 aliphatic rings. The van der Waals surface area contributed by atoms with Crippen LogP contribution in [0, 0.1) is 0 Å². The average Bonchev–Trinajstić information content (AvgIpc) is 2.34. The first-order valence-electron chi connectivity index (χ1n) is 7.08. The first kappa shape index (κ1) is 17.3. The van der Waals surface area contributed by atoms with Crippen LogP contribution in [-0.4, -0.2) is 31.2 Å². The van der Waals surface area contributed by atoms with Gasteiger partial charge in [-0.1, -0.05) is 12.1 Å². The van der Waals surface area contributed by atoms with Crippen LogP contribution in [0.3, 0.4) is 0 Å². The number of ether oxygens (including phenoxy) is 2. The fraction of sp³-hybridized carbons (Fsp3) is 0.562. The van der Waals surface area contributed by atoms with Crippen molar-refractivity contribution >= 4 is 5.91 Å². The van der Waals surface area contributed by atoms with Crippen molar-refractivity contribution in [2.45, 2.75) is 45.7 Å². The summed E-state index contributed by atoms with van der Waals surface area (Å²) >= 11 is 0. The number of hydrogen-bond acceptors (Lipinski definition) is 4. The third-order valence-corrected chi connectivity index (χ3v) is 2.68. The summed E-state index contributed by atoms with van der Waals surface area (Å²) in [6.45, 7) is 7.65. The van der Waals surface area contributed by atoms with E-state index in [2.05, 4.69) is 5.32 Å². The number of amides is 1. The minimum absolute atomic E-state index is 0.00265. The zero-order valence-electron chi connectivity index (χ0n) is 13.5. The SMILES string of the molecule is COc1cccc(CC(C)N)c1OCC(=O)NC(C)(C)C. The zero-order valence-corrected chi connectivity index (χ0v) is 13.5. The summed E-state index contributed by atoms with van der Waals surface area (Å²) in [6, 6.07) is 5.63. The van der Waals surface area contributed by atoms with Crippen LogP contribution in [0.4, 0.5) is 0 Å². The van der Waals surface area contributed by atoms with Crippen LogP contribution in [0.1, 0.15) is 33.3 Å². The number of benzene rings is 1. The molecule has 0 saturated carbocycles. The number of carbonyl (C=O) groups excluding carboxylic acids is 1. The van der Waals surface area contributed by atoms with Gasteiger partial charge in [-0.2, -0.15) is 0 Å². The summed E-state index contributed by atoms with van der Waals surface area (Å²) in [4.78, 5) is 11.9. The summed E-state index contributed by atoms with van der Waals surface area (Å²) < 4.78 is 11.0. The van der Waals surface area contributed by atoms with Crippen molar-refractivity contribution in [2.75, 3.05) is 13.7 Å². The van der Waals surface area contributed by atoms with Crippen LogP contribution < -0.4 is 20.5 Å². The molecule has 0 spiro atoms. The minimum Gasteiger partial charge on any atom is -0.493 e. The fourth-order valence-corrected chi connectivity index (χ4v) is 1.99. The Balaban J connectivity index is 2.83. The normalized spacial score (nSPS) is 12.7. The summed E-state index contributed by atoms with van der Waals surface area (Å²) in [5.74, 6) is 1.03. The third-order valence-electron chi connectivity index (χ3n) is 2.68. The Hall–Kier alpha value is -1.75. The number of rotatable bonds is 6. The number of nitrogens with one attached hydrogen (secondary N) is 1. The van der Waals surface area contributed by atoms with E-state index < -0.39 is 0 Å². The highest BCUT2D eigenvalue weighted by molar-refractivity contribution is 5.78. The molecule has 1 atom stereocenters. The maximum absolute atomic E-state index is 11.9. The molecule has 0 aromatic heterocycles. The summed E-state index contributed by atoms with van der Waals surface area (Å²) in [6.07, 6.45) is 0.660. The molecule has 0 fully saturated rings. The van der Waals surface area contributed by atoms with Crippen LogP contribution in [0.5, 0.6) is 11.5 Å². The van der Waals surface area contributed by atoms with Crippen molar-refractivity contribution in [1.29, 1.82) is 0 Å². The highest BCUT2D eigenvalue weighted by atomic mass is 16.5. The zero-order chi connectivity index (χ0) is 16.0. The molecule has 5 nitrogen and oxygen atoms in total. The molecule has 0 radical (unpaired) electrons. The van der Waals surface area contributed by atoms with Crippen molar-refractivity contribution in [1.82, 2.24) is 5.32 Å². The lowest BCUT2D eigenvalue weighted by Gasteiger charge is -2.21. The third kappa shape index (κ3) is 6.04. The highest BCUT2D eigenvalue weighted by Crippen LogP contribution is 2.31. The first-order chi connectivity index (χ1) is 9.73. The Morgan fingerprint density at radius 2 is 2.05 bits per heavy atom. The van der Waals surface area contributed by atoms with Crippen molar-refractivity contribution < 1.29 is 14.3 Å². The number of nitrogens with two attached hydrogens (primary N) is 1. The van der Waals surface area contributed by atoms with Gasteiger partial charge >= 0.3 is 0 Å².